The van der Waals surface area contributed by atoms with Gasteiger partial charge in [0.1, 0.15) is 0 Å². The highest BCUT2D eigenvalue weighted by atomic mass is 16.2. The van der Waals surface area contributed by atoms with Crippen molar-refractivity contribution in [3.05, 3.63) is 29.8 Å². The summed E-state index contributed by atoms with van der Waals surface area (Å²) in [5.74, 6) is -0.171. The zero-order chi connectivity index (χ0) is 12.2. The van der Waals surface area contributed by atoms with Crippen molar-refractivity contribution in [2.45, 2.75) is 39.2 Å². The van der Waals surface area contributed by atoms with Crippen LogP contribution in [0.5, 0.6) is 0 Å². The molecule has 1 amide bonds. The summed E-state index contributed by atoms with van der Waals surface area (Å²) in [5, 5.41) is 2.79. The highest BCUT2D eigenvalue weighted by molar-refractivity contribution is 5.97. The summed E-state index contributed by atoms with van der Waals surface area (Å²) < 4.78 is 0. The second kappa shape index (κ2) is 5.12. The fourth-order valence-electron chi connectivity index (χ4n) is 1.34. The predicted molar refractivity (Wildman–Crippen MR) is 67.3 cm³/mol. The van der Waals surface area contributed by atoms with Crippen LogP contribution in [-0.2, 0) is 11.2 Å². The van der Waals surface area contributed by atoms with Crippen molar-refractivity contribution >= 4 is 11.6 Å². The lowest BCUT2D eigenvalue weighted by Crippen LogP contribution is -2.45. The highest BCUT2D eigenvalue weighted by Crippen LogP contribution is 2.12. The molecule has 0 aliphatic heterocycles. The second-order valence-corrected chi connectivity index (χ2v) is 4.62. The van der Waals surface area contributed by atoms with Crippen molar-refractivity contribution in [2.24, 2.45) is 5.73 Å². The zero-order valence-electron chi connectivity index (χ0n) is 10.2. The van der Waals surface area contributed by atoms with Gasteiger partial charge in [0.2, 0.25) is 5.91 Å². The van der Waals surface area contributed by atoms with Gasteiger partial charge in [-0.25, -0.2) is 0 Å². The molecule has 3 N–H and O–H groups in total. The molecule has 1 rings (SSSR count). The van der Waals surface area contributed by atoms with Crippen LogP contribution in [0.1, 0.15) is 32.8 Å². The Morgan fingerprint density at radius 1 is 1.31 bits per heavy atom. The number of carbonyl (C=O) groups is 1. The summed E-state index contributed by atoms with van der Waals surface area (Å²) in [6, 6.07) is 7.88. The third kappa shape index (κ3) is 3.66. The van der Waals surface area contributed by atoms with Crippen LogP contribution in [0.4, 0.5) is 5.69 Å². The summed E-state index contributed by atoms with van der Waals surface area (Å²) in [7, 11) is 0. The number of hydrogen-bond donors (Lipinski definition) is 2. The molecule has 0 fully saturated rings. The molecule has 0 spiro atoms. The largest absolute Gasteiger partial charge is 0.325 e. The van der Waals surface area contributed by atoms with E-state index in [-0.39, 0.29) is 5.91 Å². The molecule has 0 atom stereocenters. The normalized spacial score (nSPS) is 11.2. The second-order valence-electron chi connectivity index (χ2n) is 4.62. The molecule has 0 unspecified atom stereocenters. The van der Waals surface area contributed by atoms with E-state index in [1.165, 1.54) is 5.56 Å². The lowest BCUT2D eigenvalue weighted by Gasteiger charge is -2.17. The monoisotopic (exact) mass is 220 g/mol. The third-order valence-electron chi connectivity index (χ3n) is 2.34. The number of rotatable bonds is 4. The fourth-order valence-corrected chi connectivity index (χ4v) is 1.34. The molecule has 0 aliphatic carbocycles. The Morgan fingerprint density at radius 2 is 1.88 bits per heavy atom. The van der Waals surface area contributed by atoms with Crippen LogP contribution in [0.25, 0.3) is 0 Å². The van der Waals surface area contributed by atoms with Gasteiger partial charge in [-0.3, -0.25) is 4.79 Å². The van der Waals surface area contributed by atoms with Gasteiger partial charge in [0.25, 0.3) is 0 Å². The SMILES string of the molecule is CCCc1ccc(NC(=O)C(C)(C)N)cc1. The molecule has 16 heavy (non-hydrogen) atoms. The van der Waals surface area contributed by atoms with Crippen LogP contribution in [0.15, 0.2) is 24.3 Å². The zero-order valence-corrected chi connectivity index (χ0v) is 10.2. The third-order valence-corrected chi connectivity index (χ3v) is 2.34. The molecule has 0 aliphatic rings. The summed E-state index contributed by atoms with van der Waals surface area (Å²) >= 11 is 0. The Balaban J connectivity index is 2.65. The molecule has 0 radical (unpaired) electrons. The van der Waals surface area contributed by atoms with E-state index < -0.39 is 5.54 Å². The molecule has 3 nitrogen and oxygen atoms in total. The molecule has 88 valence electrons. The van der Waals surface area contributed by atoms with Crippen molar-refractivity contribution in [3.63, 3.8) is 0 Å². The standard InChI is InChI=1S/C13H20N2O/c1-4-5-10-6-8-11(9-7-10)15-12(16)13(2,3)14/h6-9H,4-5,14H2,1-3H3,(H,15,16). The van der Waals surface area contributed by atoms with Crippen LogP contribution >= 0.6 is 0 Å². The van der Waals surface area contributed by atoms with Crippen LogP contribution in [-0.4, -0.2) is 11.4 Å². The lowest BCUT2D eigenvalue weighted by molar-refractivity contribution is -0.120. The number of nitrogens with one attached hydrogen (secondary N) is 1. The molecule has 3 heteroatoms. The van der Waals surface area contributed by atoms with E-state index in [2.05, 4.69) is 12.2 Å². The Morgan fingerprint density at radius 3 is 2.31 bits per heavy atom. The van der Waals surface area contributed by atoms with Crippen molar-refractivity contribution in [1.82, 2.24) is 0 Å². The van der Waals surface area contributed by atoms with Crippen molar-refractivity contribution in [1.29, 1.82) is 0 Å². The highest BCUT2D eigenvalue weighted by Gasteiger charge is 2.21. The van der Waals surface area contributed by atoms with Gasteiger partial charge in [-0.2, -0.15) is 0 Å². The topological polar surface area (TPSA) is 55.1 Å². The average molecular weight is 220 g/mol. The minimum atomic E-state index is -0.845. The summed E-state index contributed by atoms with van der Waals surface area (Å²) in [6.45, 7) is 5.52. The Hall–Kier alpha value is -1.35. The predicted octanol–water partition coefficient (Wildman–Crippen LogP) is 2.31. The van der Waals surface area contributed by atoms with E-state index in [1.54, 1.807) is 13.8 Å². The Kier molecular flexibility index (Phi) is 4.07. The maximum Gasteiger partial charge on any atom is 0.243 e. The van der Waals surface area contributed by atoms with Gasteiger partial charge in [-0.05, 0) is 38.0 Å². The van der Waals surface area contributed by atoms with Crippen molar-refractivity contribution in [2.75, 3.05) is 5.32 Å². The fraction of sp³-hybridized carbons (Fsp3) is 0.462. The number of nitrogens with two attached hydrogens (primary N) is 1. The molecule has 0 aromatic heterocycles. The minimum Gasteiger partial charge on any atom is -0.325 e. The maximum absolute atomic E-state index is 11.6. The van der Waals surface area contributed by atoms with Crippen LogP contribution in [0, 0.1) is 0 Å². The molecule has 0 heterocycles. The Labute approximate surface area is 97.0 Å². The first kappa shape index (κ1) is 12.7. The van der Waals surface area contributed by atoms with Crippen molar-refractivity contribution in [3.8, 4) is 0 Å². The van der Waals surface area contributed by atoms with E-state index in [0.717, 1.165) is 18.5 Å². The summed E-state index contributed by atoms with van der Waals surface area (Å²) in [5.41, 5.74) is 6.93. The van der Waals surface area contributed by atoms with Gasteiger partial charge in [0.15, 0.2) is 0 Å². The first-order valence-electron chi connectivity index (χ1n) is 5.62. The van der Waals surface area contributed by atoms with E-state index in [9.17, 15) is 4.79 Å². The molecule has 0 saturated carbocycles. The lowest BCUT2D eigenvalue weighted by atomic mass is 10.1. The first-order chi connectivity index (χ1) is 7.43. The first-order valence-corrected chi connectivity index (χ1v) is 5.62. The minimum absolute atomic E-state index is 0.171. The van der Waals surface area contributed by atoms with Crippen molar-refractivity contribution < 1.29 is 4.79 Å². The van der Waals surface area contributed by atoms with Crippen LogP contribution in [0.3, 0.4) is 0 Å². The molecule has 0 saturated heterocycles. The number of carbonyl (C=O) groups excluding carboxylic acids is 1. The molecule has 1 aromatic rings. The molecule has 0 bridgehead atoms. The van der Waals surface area contributed by atoms with Gasteiger partial charge < -0.3 is 11.1 Å². The van der Waals surface area contributed by atoms with E-state index in [0.29, 0.717) is 0 Å². The van der Waals surface area contributed by atoms with Gasteiger partial charge in [-0.15, -0.1) is 0 Å². The quantitative estimate of drug-likeness (QED) is 0.818. The number of amides is 1. The number of benzene rings is 1. The average Bonchev–Trinajstić information content (AvgIpc) is 2.20. The number of anilines is 1. The molecule has 1 aromatic carbocycles. The van der Waals surface area contributed by atoms with Gasteiger partial charge in [0.05, 0.1) is 5.54 Å². The molecular formula is C13H20N2O. The van der Waals surface area contributed by atoms with Gasteiger partial charge in [0, 0.05) is 5.69 Å². The number of hydrogen-bond acceptors (Lipinski definition) is 2. The summed E-state index contributed by atoms with van der Waals surface area (Å²) in [4.78, 5) is 11.6. The van der Waals surface area contributed by atoms with E-state index in [4.69, 9.17) is 5.73 Å². The summed E-state index contributed by atoms with van der Waals surface area (Å²) in [6.07, 6.45) is 2.19. The van der Waals surface area contributed by atoms with E-state index >= 15 is 0 Å². The Bertz CT molecular complexity index is 349. The van der Waals surface area contributed by atoms with E-state index in [1.807, 2.05) is 24.3 Å². The maximum atomic E-state index is 11.6. The van der Waals surface area contributed by atoms with Crippen LogP contribution in [0.2, 0.25) is 0 Å². The number of aryl methyl sites for hydroxylation is 1. The smallest absolute Gasteiger partial charge is 0.243 e. The van der Waals surface area contributed by atoms with Crippen LogP contribution < -0.4 is 11.1 Å². The van der Waals surface area contributed by atoms with Gasteiger partial charge in [-0.1, -0.05) is 25.5 Å². The van der Waals surface area contributed by atoms with Gasteiger partial charge >= 0.3 is 0 Å². The molecular weight excluding hydrogens is 200 g/mol.